The van der Waals surface area contributed by atoms with Crippen molar-refractivity contribution in [2.75, 3.05) is 0 Å². The molecule has 2 aromatic rings. The van der Waals surface area contributed by atoms with Crippen molar-refractivity contribution in [3.63, 3.8) is 0 Å². The average Bonchev–Trinajstić information content (AvgIpc) is 2.86. The van der Waals surface area contributed by atoms with E-state index in [9.17, 15) is 4.79 Å². The van der Waals surface area contributed by atoms with Crippen LogP contribution in [0, 0.1) is 0 Å². The number of hydrogen-bond acceptors (Lipinski definition) is 2. The molecule has 2 rings (SSSR count). The zero-order chi connectivity index (χ0) is 14.0. The van der Waals surface area contributed by atoms with Gasteiger partial charge in [-0.2, -0.15) is 0 Å². The topological polar surface area (TPSA) is 30.2 Å². The lowest BCUT2D eigenvalue weighted by atomic mass is 9.86. The second kappa shape index (κ2) is 5.04. The second-order valence-corrected chi connectivity index (χ2v) is 5.77. The van der Waals surface area contributed by atoms with Crippen molar-refractivity contribution in [3.05, 3.63) is 47.7 Å². The Balaban J connectivity index is 2.28. The highest BCUT2D eigenvalue weighted by Crippen LogP contribution is 2.27. The normalized spacial score (nSPS) is 11.6. The van der Waals surface area contributed by atoms with E-state index in [0.29, 0.717) is 12.2 Å². The lowest BCUT2D eigenvalue weighted by Crippen LogP contribution is -2.10. The number of rotatable bonds is 3. The minimum absolute atomic E-state index is 0.0394. The monoisotopic (exact) mass is 256 g/mol. The van der Waals surface area contributed by atoms with Gasteiger partial charge < -0.3 is 4.42 Å². The largest absolute Gasteiger partial charge is 0.453 e. The van der Waals surface area contributed by atoms with Gasteiger partial charge in [-0.1, -0.05) is 52.0 Å². The maximum absolute atomic E-state index is 11.5. The molecule has 0 aliphatic carbocycles. The number of Topliss-reactive ketones (excluding diaryl/α,β-unsaturated/α-hetero) is 1. The Labute approximate surface area is 114 Å². The summed E-state index contributed by atoms with van der Waals surface area (Å²) in [6.07, 6.45) is 0.468. The van der Waals surface area contributed by atoms with Crippen LogP contribution in [0.1, 0.15) is 50.2 Å². The minimum atomic E-state index is 0.0394. The fraction of sp³-hybridized carbons (Fsp3) is 0.353. The zero-order valence-corrected chi connectivity index (χ0v) is 12.0. The van der Waals surface area contributed by atoms with Crippen LogP contribution in [0.3, 0.4) is 0 Å². The van der Waals surface area contributed by atoms with Gasteiger partial charge in [-0.15, -0.1) is 0 Å². The summed E-state index contributed by atoms with van der Waals surface area (Å²) >= 11 is 0. The van der Waals surface area contributed by atoms with Gasteiger partial charge in [0, 0.05) is 12.0 Å². The minimum Gasteiger partial charge on any atom is -0.453 e. The van der Waals surface area contributed by atoms with Gasteiger partial charge in [0.1, 0.15) is 5.76 Å². The molecule has 0 bridgehead atoms. The van der Waals surface area contributed by atoms with Crippen LogP contribution in [-0.2, 0) is 5.41 Å². The predicted octanol–water partition coefficient (Wildman–Crippen LogP) is 4.84. The number of carbonyl (C=O) groups excluding carboxylic acids is 1. The molecule has 0 aliphatic heterocycles. The van der Waals surface area contributed by atoms with Crippen molar-refractivity contribution in [3.8, 4) is 11.3 Å². The quantitative estimate of drug-likeness (QED) is 0.736. The van der Waals surface area contributed by atoms with Gasteiger partial charge in [0.15, 0.2) is 11.5 Å². The molecule has 2 nitrogen and oxygen atoms in total. The van der Waals surface area contributed by atoms with Crippen LogP contribution in [0.4, 0.5) is 0 Å². The molecule has 0 saturated carbocycles. The van der Waals surface area contributed by atoms with Crippen molar-refractivity contribution in [1.29, 1.82) is 0 Å². The third-order valence-corrected chi connectivity index (χ3v) is 3.24. The highest BCUT2D eigenvalue weighted by atomic mass is 16.3. The molecule has 0 unspecified atom stereocenters. The first-order valence-corrected chi connectivity index (χ1v) is 6.66. The molecule has 0 atom stereocenters. The van der Waals surface area contributed by atoms with E-state index in [-0.39, 0.29) is 11.2 Å². The average molecular weight is 256 g/mol. The van der Waals surface area contributed by atoms with E-state index in [1.54, 1.807) is 6.07 Å². The van der Waals surface area contributed by atoms with E-state index >= 15 is 0 Å². The van der Waals surface area contributed by atoms with E-state index in [1.165, 1.54) is 5.56 Å². The lowest BCUT2D eigenvalue weighted by molar-refractivity contribution is 0.0962. The highest BCUT2D eigenvalue weighted by Gasteiger charge is 2.14. The third kappa shape index (κ3) is 2.95. The molecule has 0 N–H and O–H groups in total. The Morgan fingerprint density at radius 2 is 1.68 bits per heavy atom. The number of hydrogen-bond donors (Lipinski definition) is 0. The Bertz CT molecular complexity index is 568. The van der Waals surface area contributed by atoms with Crippen LogP contribution in [0.25, 0.3) is 11.3 Å². The Morgan fingerprint density at radius 1 is 1.05 bits per heavy atom. The van der Waals surface area contributed by atoms with Crippen LogP contribution < -0.4 is 0 Å². The summed E-state index contributed by atoms with van der Waals surface area (Å²) in [6.45, 7) is 8.40. The maximum Gasteiger partial charge on any atom is 0.197 e. The highest BCUT2D eigenvalue weighted by molar-refractivity contribution is 5.93. The molecule has 0 spiro atoms. The van der Waals surface area contributed by atoms with E-state index in [0.717, 1.165) is 11.3 Å². The molecule has 0 aliphatic rings. The molecule has 100 valence electrons. The summed E-state index contributed by atoms with van der Waals surface area (Å²) in [6, 6.07) is 11.9. The smallest absolute Gasteiger partial charge is 0.197 e. The fourth-order valence-electron chi connectivity index (χ4n) is 1.95. The molecule has 0 fully saturated rings. The number of carbonyl (C=O) groups is 1. The van der Waals surface area contributed by atoms with Crippen LogP contribution in [-0.4, -0.2) is 5.78 Å². The van der Waals surface area contributed by atoms with Gasteiger partial charge in [0.2, 0.25) is 0 Å². The van der Waals surface area contributed by atoms with Crippen molar-refractivity contribution in [1.82, 2.24) is 0 Å². The first-order chi connectivity index (χ1) is 8.91. The van der Waals surface area contributed by atoms with Gasteiger partial charge in [-0.25, -0.2) is 0 Å². The number of benzene rings is 1. The van der Waals surface area contributed by atoms with Gasteiger partial charge in [0.05, 0.1) is 0 Å². The molecule has 0 saturated heterocycles. The van der Waals surface area contributed by atoms with Crippen LogP contribution in [0.5, 0.6) is 0 Å². The molecule has 0 amide bonds. The first kappa shape index (κ1) is 13.6. The predicted molar refractivity (Wildman–Crippen MR) is 77.5 cm³/mol. The van der Waals surface area contributed by atoms with Crippen molar-refractivity contribution in [2.45, 2.75) is 39.5 Å². The summed E-state index contributed by atoms with van der Waals surface area (Å²) in [5.74, 6) is 1.23. The van der Waals surface area contributed by atoms with Gasteiger partial charge in [0.25, 0.3) is 0 Å². The summed E-state index contributed by atoms with van der Waals surface area (Å²) in [7, 11) is 0. The van der Waals surface area contributed by atoms with E-state index < -0.39 is 0 Å². The summed E-state index contributed by atoms with van der Waals surface area (Å²) in [5.41, 5.74) is 2.43. The fourth-order valence-corrected chi connectivity index (χ4v) is 1.95. The van der Waals surface area contributed by atoms with Crippen LogP contribution >= 0.6 is 0 Å². The number of furan rings is 1. The van der Waals surface area contributed by atoms with Gasteiger partial charge >= 0.3 is 0 Å². The first-order valence-electron chi connectivity index (χ1n) is 6.66. The summed E-state index contributed by atoms with van der Waals surface area (Å²) in [5, 5.41) is 0. The summed E-state index contributed by atoms with van der Waals surface area (Å²) < 4.78 is 5.60. The summed E-state index contributed by atoms with van der Waals surface area (Å²) in [4.78, 5) is 11.5. The zero-order valence-electron chi connectivity index (χ0n) is 12.0. The van der Waals surface area contributed by atoms with Crippen LogP contribution in [0.2, 0.25) is 0 Å². The molecule has 1 aromatic carbocycles. The van der Waals surface area contributed by atoms with Crippen molar-refractivity contribution in [2.24, 2.45) is 0 Å². The molecule has 0 radical (unpaired) electrons. The molecule has 19 heavy (non-hydrogen) atoms. The van der Waals surface area contributed by atoms with Gasteiger partial charge in [-0.05, 0) is 23.1 Å². The SMILES string of the molecule is CCC(=O)c1ccc(-c2ccc(C(C)(C)C)cc2)o1. The van der Waals surface area contributed by atoms with Crippen LogP contribution in [0.15, 0.2) is 40.8 Å². The third-order valence-electron chi connectivity index (χ3n) is 3.24. The molecule has 1 aromatic heterocycles. The van der Waals surface area contributed by atoms with Crippen molar-refractivity contribution >= 4 is 5.78 Å². The van der Waals surface area contributed by atoms with E-state index in [2.05, 4.69) is 32.9 Å². The van der Waals surface area contributed by atoms with E-state index in [1.807, 2.05) is 25.1 Å². The van der Waals surface area contributed by atoms with Crippen molar-refractivity contribution < 1.29 is 9.21 Å². The standard InChI is InChI=1S/C17H20O2/c1-5-14(18)16-11-10-15(19-16)12-6-8-13(9-7-12)17(2,3)4/h6-11H,5H2,1-4H3. The molecule has 1 heterocycles. The Morgan fingerprint density at radius 3 is 2.21 bits per heavy atom. The maximum atomic E-state index is 11.5. The second-order valence-electron chi connectivity index (χ2n) is 5.77. The Kier molecular flexibility index (Phi) is 3.61. The van der Waals surface area contributed by atoms with E-state index in [4.69, 9.17) is 4.42 Å². The Hall–Kier alpha value is -1.83. The molecular weight excluding hydrogens is 236 g/mol. The lowest BCUT2D eigenvalue weighted by Gasteiger charge is -2.18. The van der Waals surface area contributed by atoms with Gasteiger partial charge in [-0.3, -0.25) is 4.79 Å². The number of ketones is 1. The molecular formula is C17H20O2. The molecule has 2 heteroatoms.